The Bertz CT molecular complexity index is 1300. The van der Waals surface area contributed by atoms with E-state index in [-0.39, 0.29) is 30.6 Å². The molecule has 8 nitrogen and oxygen atoms in total. The summed E-state index contributed by atoms with van der Waals surface area (Å²) in [6, 6.07) is 7.86. The molecule has 0 bridgehead atoms. The van der Waals surface area contributed by atoms with E-state index in [2.05, 4.69) is 11.4 Å². The molecule has 3 aromatic rings. The van der Waals surface area contributed by atoms with Crippen molar-refractivity contribution in [1.82, 2.24) is 4.98 Å². The van der Waals surface area contributed by atoms with Crippen molar-refractivity contribution < 1.29 is 23.8 Å². The van der Waals surface area contributed by atoms with Gasteiger partial charge < -0.3 is 19.5 Å². The van der Waals surface area contributed by atoms with Crippen LogP contribution >= 0.6 is 23.1 Å². The highest BCUT2D eigenvalue weighted by Crippen LogP contribution is 2.37. The lowest BCUT2D eigenvalue weighted by molar-refractivity contribution is -0.113. The maximum absolute atomic E-state index is 12.7. The van der Waals surface area contributed by atoms with Crippen molar-refractivity contribution in [3.63, 3.8) is 0 Å². The van der Waals surface area contributed by atoms with E-state index in [9.17, 15) is 14.9 Å². The number of hydrogen-bond donors (Lipinski definition) is 1. The average Bonchev–Trinajstić information content (AvgIpc) is 3.38. The van der Waals surface area contributed by atoms with Crippen LogP contribution in [0.15, 0.2) is 23.2 Å². The number of nitrogens with one attached hydrogen (secondary N) is 1. The van der Waals surface area contributed by atoms with Crippen molar-refractivity contribution in [1.29, 1.82) is 5.26 Å². The van der Waals surface area contributed by atoms with Gasteiger partial charge in [0.05, 0.1) is 23.4 Å². The number of carbonyl (C=O) groups excluding carboxylic acids is 2. The van der Waals surface area contributed by atoms with E-state index in [1.807, 2.05) is 25.1 Å². The van der Waals surface area contributed by atoms with Crippen molar-refractivity contribution in [3.05, 3.63) is 39.8 Å². The number of anilines is 1. The van der Waals surface area contributed by atoms with E-state index in [4.69, 9.17) is 19.2 Å². The first-order valence-electron chi connectivity index (χ1n) is 10.3. The van der Waals surface area contributed by atoms with Gasteiger partial charge in [-0.2, -0.15) is 5.26 Å². The molecule has 170 valence electrons. The number of hydrogen-bond acceptors (Lipinski definition) is 9. The molecular weight excluding hydrogens is 462 g/mol. The molecule has 0 aliphatic carbocycles. The fraction of sp³-hybridized carbons (Fsp3) is 0.304. The molecule has 1 aliphatic heterocycles. The molecule has 0 atom stereocenters. The molecule has 10 heteroatoms. The average molecular weight is 484 g/mol. The highest BCUT2D eigenvalue weighted by molar-refractivity contribution is 8.00. The van der Waals surface area contributed by atoms with Gasteiger partial charge in [0.25, 0.3) is 0 Å². The predicted octanol–water partition coefficient (Wildman–Crippen LogP) is 4.68. The molecule has 1 aliphatic rings. The molecule has 0 fully saturated rings. The Morgan fingerprint density at radius 1 is 1.27 bits per heavy atom. The van der Waals surface area contributed by atoms with E-state index in [1.165, 1.54) is 11.8 Å². The minimum absolute atomic E-state index is 0.104. The zero-order valence-corrected chi connectivity index (χ0v) is 19.9. The fourth-order valence-corrected chi connectivity index (χ4v) is 5.35. The van der Waals surface area contributed by atoms with Crippen molar-refractivity contribution in [2.45, 2.75) is 32.2 Å². The number of pyridine rings is 1. The smallest absolute Gasteiger partial charge is 0.348 e. The molecule has 0 unspecified atom stereocenters. The molecule has 4 rings (SSSR count). The van der Waals surface area contributed by atoms with Gasteiger partial charge in [0, 0.05) is 11.5 Å². The number of aromatic nitrogens is 1. The van der Waals surface area contributed by atoms with Crippen LogP contribution in [-0.2, 0) is 16.0 Å². The Balaban J connectivity index is 1.51. The lowest BCUT2D eigenvalue weighted by atomic mass is 10.1. The van der Waals surface area contributed by atoms with Crippen LogP contribution in [0.3, 0.4) is 0 Å². The summed E-state index contributed by atoms with van der Waals surface area (Å²) < 4.78 is 15.9. The van der Waals surface area contributed by atoms with Gasteiger partial charge in [0.15, 0.2) is 11.5 Å². The molecule has 2 aromatic heterocycles. The summed E-state index contributed by atoms with van der Waals surface area (Å²) in [6.45, 7) is 5.84. The van der Waals surface area contributed by atoms with Gasteiger partial charge in [-0.1, -0.05) is 18.7 Å². The van der Waals surface area contributed by atoms with E-state index in [0.717, 1.165) is 39.2 Å². The van der Waals surface area contributed by atoms with Crippen LogP contribution in [0.2, 0.25) is 0 Å². The third kappa shape index (κ3) is 4.60. The highest BCUT2D eigenvalue weighted by Gasteiger charge is 2.22. The Hall–Kier alpha value is -3.29. The van der Waals surface area contributed by atoms with Crippen LogP contribution in [0, 0.1) is 18.3 Å². The zero-order valence-electron chi connectivity index (χ0n) is 18.3. The van der Waals surface area contributed by atoms with Gasteiger partial charge in [0.2, 0.25) is 12.7 Å². The summed E-state index contributed by atoms with van der Waals surface area (Å²) in [6.07, 6.45) is 0.757. The van der Waals surface area contributed by atoms with E-state index < -0.39 is 5.97 Å². The van der Waals surface area contributed by atoms with Crippen molar-refractivity contribution in [3.8, 4) is 17.6 Å². The van der Waals surface area contributed by atoms with Gasteiger partial charge >= 0.3 is 5.97 Å². The Morgan fingerprint density at radius 3 is 2.73 bits per heavy atom. The number of thiophene rings is 1. The summed E-state index contributed by atoms with van der Waals surface area (Å²) in [7, 11) is 0. The van der Waals surface area contributed by atoms with Crippen molar-refractivity contribution >= 4 is 50.9 Å². The maximum atomic E-state index is 12.7. The maximum Gasteiger partial charge on any atom is 0.348 e. The molecule has 33 heavy (non-hydrogen) atoms. The SMILES string of the molecule is CCOC(=O)c1sc(NC(=O)CSc2nc3cc4c(cc3cc2CC)OCO4)c(C#N)c1C. The van der Waals surface area contributed by atoms with Crippen LogP contribution < -0.4 is 14.8 Å². The number of carbonyl (C=O) groups is 2. The summed E-state index contributed by atoms with van der Waals surface area (Å²) in [4.78, 5) is 29.9. The lowest BCUT2D eigenvalue weighted by Gasteiger charge is -2.10. The Labute approximate surface area is 198 Å². The minimum atomic E-state index is -0.500. The minimum Gasteiger partial charge on any atom is -0.462 e. The summed E-state index contributed by atoms with van der Waals surface area (Å²) in [5.74, 6) is 0.672. The highest BCUT2D eigenvalue weighted by atomic mass is 32.2. The van der Waals surface area contributed by atoms with Crippen LogP contribution in [0.25, 0.3) is 10.9 Å². The molecule has 0 saturated carbocycles. The summed E-state index contributed by atoms with van der Waals surface area (Å²) in [5.41, 5.74) is 2.56. The normalized spacial score (nSPS) is 11.9. The van der Waals surface area contributed by atoms with Crippen LogP contribution in [0.4, 0.5) is 5.00 Å². The van der Waals surface area contributed by atoms with Crippen molar-refractivity contribution in [2.24, 2.45) is 0 Å². The molecule has 0 saturated heterocycles. The Morgan fingerprint density at radius 2 is 2.03 bits per heavy atom. The number of ether oxygens (including phenoxy) is 3. The quantitative estimate of drug-likeness (QED) is 0.381. The van der Waals surface area contributed by atoms with E-state index >= 15 is 0 Å². The second-order valence-corrected chi connectivity index (χ2v) is 9.12. The van der Waals surface area contributed by atoms with E-state index in [0.29, 0.717) is 26.9 Å². The number of thioether (sulfide) groups is 1. The fourth-order valence-electron chi connectivity index (χ4n) is 3.39. The number of aryl methyl sites for hydroxylation is 1. The molecule has 1 amide bonds. The van der Waals surface area contributed by atoms with Crippen LogP contribution in [0.1, 0.15) is 40.2 Å². The summed E-state index contributed by atoms with van der Waals surface area (Å²) in [5, 5.41) is 14.3. The molecule has 1 N–H and O–H groups in total. The third-order valence-electron chi connectivity index (χ3n) is 5.04. The van der Waals surface area contributed by atoms with Gasteiger partial charge in [-0.25, -0.2) is 9.78 Å². The number of esters is 1. The zero-order chi connectivity index (χ0) is 23.5. The van der Waals surface area contributed by atoms with E-state index in [1.54, 1.807) is 13.8 Å². The number of amides is 1. The van der Waals surface area contributed by atoms with Crippen molar-refractivity contribution in [2.75, 3.05) is 24.5 Å². The molecule has 0 radical (unpaired) electrons. The number of fused-ring (bicyclic) bond motifs is 2. The van der Waals surface area contributed by atoms with Crippen LogP contribution in [0.5, 0.6) is 11.5 Å². The summed E-state index contributed by atoms with van der Waals surface area (Å²) >= 11 is 2.37. The molecule has 1 aromatic carbocycles. The largest absolute Gasteiger partial charge is 0.462 e. The number of rotatable bonds is 7. The Kier molecular flexibility index (Phi) is 6.72. The van der Waals surface area contributed by atoms with Gasteiger partial charge in [-0.15, -0.1) is 11.3 Å². The predicted molar refractivity (Wildman–Crippen MR) is 126 cm³/mol. The first-order chi connectivity index (χ1) is 15.9. The monoisotopic (exact) mass is 483 g/mol. The second-order valence-electron chi connectivity index (χ2n) is 7.13. The standard InChI is InChI=1S/C23H21N3O5S2/c1-4-13-6-14-7-17-18(31-11-30-17)8-16(14)25-21(13)32-10-19(27)26-22-15(9-24)12(3)20(33-22)23(28)29-5-2/h6-8H,4-5,10-11H2,1-3H3,(H,26,27). The first kappa shape index (κ1) is 22.9. The number of nitriles is 1. The lowest BCUT2D eigenvalue weighted by Crippen LogP contribution is -2.14. The molecule has 0 spiro atoms. The van der Waals surface area contributed by atoms with Gasteiger partial charge in [0.1, 0.15) is 21.0 Å². The molecule has 3 heterocycles. The first-order valence-corrected chi connectivity index (χ1v) is 12.1. The van der Waals surface area contributed by atoms with Gasteiger partial charge in [-0.3, -0.25) is 4.79 Å². The van der Waals surface area contributed by atoms with Gasteiger partial charge in [-0.05, 0) is 43.5 Å². The third-order valence-corrected chi connectivity index (χ3v) is 7.26. The number of nitrogens with zero attached hydrogens (tertiary/aromatic N) is 2. The van der Waals surface area contributed by atoms with Crippen LogP contribution in [-0.4, -0.2) is 36.0 Å². The molecular formula is C23H21N3O5S2. The number of benzene rings is 1. The second kappa shape index (κ2) is 9.68. The topological polar surface area (TPSA) is 111 Å².